The number of aryl methyl sites for hydroxylation is 1. The second-order valence-electron chi connectivity index (χ2n) is 5.19. The molecule has 0 radical (unpaired) electrons. The number of anilines is 1. The number of carbonyl (C=O) groups excluding carboxylic acids is 2. The minimum absolute atomic E-state index is 0.0458. The molecule has 0 aromatic heterocycles. The fraction of sp³-hybridized carbons (Fsp3) is 0.467. The lowest BCUT2D eigenvalue weighted by Crippen LogP contribution is -3.11. The van der Waals surface area contributed by atoms with Crippen molar-refractivity contribution in [3.8, 4) is 0 Å². The lowest BCUT2D eigenvalue weighted by Gasteiger charge is -2.14. The van der Waals surface area contributed by atoms with Crippen molar-refractivity contribution in [1.29, 1.82) is 0 Å². The first kappa shape index (κ1) is 17.5. The van der Waals surface area contributed by atoms with Crippen molar-refractivity contribution < 1.29 is 14.5 Å². The topological polar surface area (TPSA) is 62.6 Å². The van der Waals surface area contributed by atoms with E-state index in [2.05, 4.69) is 10.6 Å². The molecule has 0 saturated carbocycles. The summed E-state index contributed by atoms with van der Waals surface area (Å²) in [7, 11) is 1.81. The summed E-state index contributed by atoms with van der Waals surface area (Å²) >= 11 is 6.07. The summed E-state index contributed by atoms with van der Waals surface area (Å²) in [4.78, 5) is 24.3. The molecule has 2 amide bonds. The Kier molecular flexibility index (Phi) is 7.19. The van der Waals surface area contributed by atoms with Crippen LogP contribution in [0, 0.1) is 6.92 Å². The fourth-order valence-corrected chi connectivity index (χ4v) is 2.14. The first-order valence-electron chi connectivity index (χ1n) is 7.06. The molecule has 0 fully saturated rings. The van der Waals surface area contributed by atoms with Crippen LogP contribution in [0.2, 0.25) is 5.02 Å². The molecule has 1 rings (SSSR count). The molecule has 0 bridgehead atoms. The largest absolute Gasteiger partial charge is 0.351 e. The van der Waals surface area contributed by atoms with Crippen LogP contribution in [0.3, 0.4) is 0 Å². The van der Waals surface area contributed by atoms with Crippen LogP contribution >= 0.6 is 11.6 Å². The summed E-state index contributed by atoms with van der Waals surface area (Å²) in [5.74, 6) is -0.211. The smallest absolute Gasteiger partial charge is 0.279 e. The molecule has 1 atom stereocenters. The molecule has 0 aliphatic carbocycles. The third-order valence-electron chi connectivity index (χ3n) is 2.90. The Labute approximate surface area is 130 Å². The van der Waals surface area contributed by atoms with E-state index in [1.54, 1.807) is 12.1 Å². The van der Waals surface area contributed by atoms with Crippen molar-refractivity contribution in [2.24, 2.45) is 0 Å². The highest BCUT2D eigenvalue weighted by Crippen LogP contribution is 2.22. The van der Waals surface area contributed by atoms with E-state index < -0.39 is 0 Å². The molecule has 0 aliphatic heterocycles. The molecule has 21 heavy (non-hydrogen) atoms. The van der Waals surface area contributed by atoms with Crippen LogP contribution < -0.4 is 15.5 Å². The number of halogens is 1. The summed E-state index contributed by atoms with van der Waals surface area (Å²) in [5, 5.41) is 6.07. The van der Waals surface area contributed by atoms with Gasteiger partial charge in [-0.1, -0.05) is 24.6 Å². The number of quaternary nitrogens is 1. The first-order chi connectivity index (χ1) is 9.92. The molecule has 0 heterocycles. The summed E-state index contributed by atoms with van der Waals surface area (Å²) in [6.45, 7) is 5.08. The van der Waals surface area contributed by atoms with Gasteiger partial charge < -0.3 is 15.5 Å². The predicted molar refractivity (Wildman–Crippen MR) is 84.7 cm³/mol. The van der Waals surface area contributed by atoms with Crippen LogP contribution in [0.5, 0.6) is 0 Å². The molecule has 3 N–H and O–H groups in total. The highest BCUT2D eigenvalue weighted by molar-refractivity contribution is 6.33. The zero-order valence-electron chi connectivity index (χ0n) is 12.8. The van der Waals surface area contributed by atoms with Crippen LogP contribution in [0.1, 0.15) is 18.9 Å². The maximum Gasteiger partial charge on any atom is 0.279 e. The third-order valence-corrected chi connectivity index (χ3v) is 3.21. The molecule has 1 aromatic carbocycles. The average Bonchev–Trinajstić information content (AvgIpc) is 2.39. The van der Waals surface area contributed by atoms with Gasteiger partial charge in [0.25, 0.3) is 11.8 Å². The van der Waals surface area contributed by atoms with E-state index in [9.17, 15) is 9.59 Å². The van der Waals surface area contributed by atoms with E-state index in [1.165, 1.54) is 0 Å². The lowest BCUT2D eigenvalue weighted by atomic mass is 10.2. The summed E-state index contributed by atoms with van der Waals surface area (Å²) in [6.07, 6.45) is 0.900. The van der Waals surface area contributed by atoms with Gasteiger partial charge in [-0.05, 0) is 31.0 Å². The van der Waals surface area contributed by atoms with E-state index in [-0.39, 0.29) is 24.9 Å². The molecule has 5 nitrogen and oxygen atoms in total. The normalized spacial score (nSPS) is 11.8. The predicted octanol–water partition coefficient (Wildman–Crippen LogP) is 0.628. The van der Waals surface area contributed by atoms with Gasteiger partial charge in [0.05, 0.1) is 17.8 Å². The molecule has 0 saturated heterocycles. The van der Waals surface area contributed by atoms with Gasteiger partial charge >= 0.3 is 0 Å². The maximum atomic E-state index is 11.9. The lowest BCUT2D eigenvalue weighted by molar-refractivity contribution is -0.862. The van der Waals surface area contributed by atoms with Gasteiger partial charge in [0.2, 0.25) is 0 Å². The Morgan fingerprint density at radius 2 is 1.90 bits per heavy atom. The van der Waals surface area contributed by atoms with Crippen molar-refractivity contribution in [2.45, 2.75) is 20.3 Å². The van der Waals surface area contributed by atoms with Gasteiger partial charge in [0, 0.05) is 6.54 Å². The number of carbonyl (C=O) groups is 2. The van der Waals surface area contributed by atoms with Gasteiger partial charge in [-0.3, -0.25) is 9.59 Å². The van der Waals surface area contributed by atoms with Gasteiger partial charge in [0.15, 0.2) is 13.1 Å². The van der Waals surface area contributed by atoms with Crippen molar-refractivity contribution in [2.75, 3.05) is 32.0 Å². The van der Waals surface area contributed by atoms with Gasteiger partial charge in [-0.15, -0.1) is 0 Å². The molecule has 116 valence electrons. The van der Waals surface area contributed by atoms with E-state index in [4.69, 9.17) is 11.6 Å². The van der Waals surface area contributed by atoms with E-state index in [0.29, 0.717) is 17.3 Å². The highest BCUT2D eigenvalue weighted by Gasteiger charge is 2.14. The Hall–Kier alpha value is -1.59. The van der Waals surface area contributed by atoms with E-state index in [1.807, 2.05) is 27.0 Å². The quantitative estimate of drug-likeness (QED) is 0.691. The molecular formula is C15H23ClN3O2+. The molecule has 6 heteroatoms. The van der Waals surface area contributed by atoms with Crippen molar-refractivity contribution in [1.82, 2.24) is 5.32 Å². The van der Waals surface area contributed by atoms with Crippen LogP contribution in [0.4, 0.5) is 5.69 Å². The van der Waals surface area contributed by atoms with Gasteiger partial charge in [-0.25, -0.2) is 0 Å². The van der Waals surface area contributed by atoms with Gasteiger partial charge in [0.1, 0.15) is 0 Å². The number of rotatable bonds is 7. The Balaban J connectivity index is 2.44. The van der Waals surface area contributed by atoms with Crippen LogP contribution in [0.25, 0.3) is 0 Å². The number of benzene rings is 1. The zero-order chi connectivity index (χ0) is 15.8. The molecule has 1 unspecified atom stereocenters. The van der Waals surface area contributed by atoms with Crippen molar-refractivity contribution in [3.63, 3.8) is 0 Å². The molecule has 0 spiro atoms. The Bertz CT molecular complexity index is 506. The Morgan fingerprint density at radius 1 is 1.24 bits per heavy atom. The second kappa shape index (κ2) is 8.64. The van der Waals surface area contributed by atoms with Crippen molar-refractivity contribution in [3.05, 3.63) is 28.8 Å². The number of hydrogen-bond donors (Lipinski definition) is 3. The van der Waals surface area contributed by atoms with E-state index >= 15 is 0 Å². The van der Waals surface area contributed by atoms with Gasteiger partial charge in [-0.2, -0.15) is 0 Å². The second-order valence-corrected chi connectivity index (χ2v) is 5.60. The average molecular weight is 313 g/mol. The van der Waals surface area contributed by atoms with Crippen LogP contribution in [-0.2, 0) is 9.59 Å². The van der Waals surface area contributed by atoms with Crippen LogP contribution in [0.15, 0.2) is 18.2 Å². The summed E-state index contributed by atoms with van der Waals surface area (Å²) in [5.41, 5.74) is 1.63. The SMILES string of the molecule is CCCNC(=O)C[NH+](C)CC(=O)Nc1ccc(C)cc1Cl. The number of hydrogen-bond acceptors (Lipinski definition) is 2. The van der Waals surface area contributed by atoms with Crippen molar-refractivity contribution >= 4 is 29.1 Å². The molecule has 1 aromatic rings. The zero-order valence-corrected chi connectivity index (χ0v) is 13.5. The highest BCUT2D eigenvalue weighted by atomic mass is 35.5. The molecular weight excluding hydrogens is 290 g/mol. The maximum absolute atomic E-state index is 11.9. The number of likely N-dealkylation sites (N-methyl/N-ethyl adjacent to an activating group) is 1. The number of amides is 2. The number of nitrogens with one attached hydrogen (secondary N) is 3. The van der Waals surface area contributed by atoms with E-state index in [0.717, 1.165) is 16.9 Å². The Morgan fingerprint density at radius 3 is 2.52 bits per heavy atom. The standard InChI is InChI=1S/C15H22ClN3O2/c1-4-7-17-14(20)9-19(3)10-15(21)18-13-6-5-11(2)8-12(13)16/h5-6,8H,4,7,9-10H2,1-3H3,(H,17,20)(H,18,21)/p+1. The monoisotopic (exact) mass is 312 g/mol. The summed E-state index contributed by atoms with van der Waals surface area (Å²) in [6, 6.07) is 5.46. The minimum Gasteiger partial charge on any atom is -0.351 e. The molecule has 0 aliphatic rings. The van der Waals surface area contributed by atoms with Crippen LogP contribution in [-0.4, -0.2) is 38.5 Å². The fourth-order valence-electron chi connectivity index (χ4n) is 1.85. The first-order valence-corrected chi connectivity index (χ1v) is 7.44. The summed E-state index contributed by atoms with van der Waals surface area (Å²) < 4.78 is 0. The minimum atomic E-state index is -0.165. The third kappa shape index (κ3) is 6.60.